The molecule has 0 fully saturated rings. The van der Waals surface area contributed by atoms with Gasteiger partial charge in [-0.15, -0.1) is 0 Å². The number of ether oxygens (including phenoxy) is 1. The topological polar surface area (TPSA) is 111 Å². The highest BCUT2D eigenvalue weighted by atomic mass is 79.9. The number of rotatable bonds is 5. The van der Waals surface area contributed by atoms with Crippen molar-refractivity contribution in [2.75, 3.05) is 5.32 Å². The lowest BCUT2D eigenvalue weighted by atomic mass is 10.0. The molecule has 0 spiro atoms. The normalized spacial score (nSPS) is 14.7. The molecule has 1 aliphatic rings. The number of fused-ring (bicyclic) bond motifs is 1. The van der Waals surface area contributed by atoms with E-state index in [2.05, 4.69) is 26.2 Å². The Morgan fingerprint density at radius 3 is 2.65 bits per heavy atom. The molecule has 1 unspecified atom stereocenters. The first-order valence-electron chi connectivity index (χ1n) is 9.50. The van der Waals surface area contributed by atoms with Crippen LogP contribution in [0.5, 0.6) is 5.75 Å². The van der Waals surface area contributed by atoms with Crippen LogP contribution >= 0.6 is 27.3 Å². The van der Waals surface area contributed by atoms with Gasteiger partial charge in [-0.05, 0) is 67.3 Å². The minimum atomic E-state index is -0.552. The zero-order valence-electron chi connectivity index (χ0n) is 16.5. The van der Waals surface area contributed by atoms with E-state index in [1.165, 1.54) is 0 Å². The van der Waals surface area contributed by atoms with Crippen molar-refractivity contribution in [2.45, 2.75) is 25.7 Å². The Labute approximate surface area is 190 Å². The monoisotopic (exact) mass is 499 g/mol. The molecule has 1 aliphatic carbocycles. The number of anilines is 1. The molecule has 1 heterocycles. The number of nitrogens with one attached hydrogen (secondary N) is 1. The van der Waals surface area contributed by atoms with Crippen molar-refractivity contribution in [1.82, 2.24) is 4.98 Å². The molecule has 1 atom stereocenters. The number of benzene rings is 2. The van der Waals surface area contributed by atoms with Gasteiger partial charge in [0.05, 0.1) is 11.6 Å². The summed E-state index contributed by atoms with van der Waals surface area (Å²) < 4.78 is 6.39. The number of carbonyl (C=O) groups excluding carboxylic acids is 3. The van der Waals surface area contributed by atoms with Crippen LogP contribution < -0.4 is 15.8 Å². The average molecular weight is 500 g/mol. The molecule has 0 bridgehead atoms. The van der Waals surface area contributed by atoms with Crippen LogP contribution in [0.25, 0.3) is 0 Å². The summed E-state index contributed by atoms with van der Waals surface area (Å²) in [6.45, 7) is 1.68. The summed E-state index contributed by atoms with van der Waals surface area (Å²) in [5.74, 6) is -1.11. The number of aryl methyl sites for hydroxylation is 2. The molecule has 0 saturated heterocycles. The number of nitrogens with zero attached hydrogens (tertiary/aromatic N) is 1. The van der Waals surface area contributed by atoms with E-state index < -0.39 is 5.97 Å². The van der Waals surface area contributed by atoms with Crippen LogP contribution in [0.15, 0.2) is 46.9 Å². The van der Waals surface area contributed by atoms with Crippen LogP contribution in [0.4, 0.5) is 5.13 Å². The number of thiazole rings is 1. The molecule has 0 aliphatic heterocycles. The van der Waals surface area contributed by atoms with E-state index >= 15 is 0 Å². The number of esters is 1. The number of hydrogen-bond donors (Lipinski definition) is 2. The van der Waals surface area contributed by atoms with Crippen molar-refractivity contribution in [3.05, 3.63) is 74.2 Å². The molecule has 0 radical (unpaired) electrons. The predicted molar refractivity (Wildman–Crippen MR) is 121 cm³/mol. The largest absolute Gasteiger partial charge is 0.422 e. The Bertz CT molecular complexity index is 1190. The van der Waals surface area contributed by atoms with Gasteiger partial charge in [-0.1, -0.05) is 33.3 Å². The fourth-order valence-corrected chi connectivity index (χ4v) is 4.62. The second-order valence-corrected chi connectivity index (χ2v) is 9.05. The van der Waals surface area contributed by atoms with Crippen molar-refractivity contribution < 1.29 is 19.1 Å². The van der Waals surface area contributed by atoms with Gasteiger partial charge in [-0.3, -0.25) is 14.9 Å². The maximum atomic E-state index is 12.7. The lowest BCUT2D eigenvalue weighted by Gasteiger charge is -2.08. The Hall–Kier alpha value is -3.04. The molecule has 7 nitrogen and oxygen atoms in total. The Balaban J connectivity index is 1.46. The second-order valence-electron chi connectivity index (χ2n) is 7.14. The number of halogens is 1. The molecular weight excluding hydrogens is 482 g/mol. The summed E-state index contributed by atoms with van der Waals surface area (Å²) in [5, 5.41) is 3.02. The van der Waals surface area contributed by atoms with E-state index in [1.54, 1.807) is 49.4 Å². The molecule has 2 amide bonds. The summed E-state index contributed by atoms with van der Waals surface area (Å²) in [5.41, 5.74) is 8.23. The highest BCUT2D eigenvalue weighted by Gasteiger charge is 2.27. The predicted octanol–water partition coefficient (Wildman–Crippen LogP) is 4.20. The number of hydrogen-bond acceptors (Lipinski definition) is 6. The molecular formula is C22H18BrN3O4S. The first-order valence-corrected chi connectivity index (χ1v) is 11.1. The number of aromatic nitrogens is 1. The molecule has 1 aromatic heterocycles. The van der Waals surface area contributed by atoms with Gasteiger partial charge in [0.15, 0.2) is 5.13 Å². The third-order valence-corrected chi connectivity index (χ3v) is 6.64. The van der Waals surface area contributed by atoms with Gasteiger partial charge in [0.25, 0.3) is 5.91 Å². The van der Waals surface area contributed by atoms with Crippen LogP contribution in [-0.2, 0) is 11.2 Å². The van der Waals surface area contributed by atoms with Crippen LogP contribution in [0, 0.1) is 6.92 Å². The molecule has 9 heteroatoms. The lowest BCUT2D eigenvalue weighted by molar-refractivity contribution is -0.119. The zero-order chi connectivity index (χ0) is 22.1. The third kappa shape index (κ3) is 4.52. The summed E-state index contributed by atoms with van der Waals surface area (Å²) >= 11 is 4.38. The molecule has 3 aromatic rings. The quantitative estimate of drug-likeness (QED) is 0.403. The van der Waals surface area contributed by atoms with E-state index in [0.29, 0.717) is 39.9 Å². The number of nitrogens with two attached hydrogens (primary N) is 1. The maximum absolute atomic E-state index is 12.7. The van der Waals surface area contributed by atoms with Crippen LogP contribution in [0.3, 0.4) is 0 Å². The Kier molecular flexibility index (Phi) is 5.88. The molecule has 31 heavy (non-hydrogen) atoms. The van der Waals surface area contributed by atoms with Crippen molar-refractivity contribution in [3.8, 4) is 5.75 Å². The lowest BCUT2D eigenvalue weighted by Crippen LogP contribution is -2.19. The third-order valence-electron chi connectivity index (χ3n) is 5.06. The number of amides is 2. The van der Waals surface area contributed by atoms with Gasteiger partial charge in [-0.25, -0.2) is 9.78 Å². The van der Waals surface area contributed by atoms with Gasteiger partial charge < -0.3 is 10.5 Å². The van der Waals surface area contributed by atoms with Gasteiger partial charge in [0.1, 0.15) is 10.6 Å². The van der Waals surface area contributed by atoms with E-state index in [-0.39, 0.29) is 17.7 Å². The first kappa shape index (κ1) is 21.2. The SMILES string of the molecule is Cc1nc(NC(=O)c2ccc(Br)cc2)sc1C(=O)Oc1ccc2c(c1)CCC2C(N)=O. The fourth-order valence-electron chi connectivity index (χ4n) is 3.52. The first-order chi connectivity index (χ1) is 14.8. The van der Waals surface area contributed by atoms with Crippen molar-refractivity contribution in [2.24, 2.45) is 5.73 Å². The minimum Gasteiger partial charge on any atom is -0.422 e. The van der Waals surface area contributed by atoms with Gasteiger partial charge in [-0.2, -0.15) is 0 Å². The summed E-state index contributed by atoms with van der Waals surface area (Å²) in [4.78, 5) is 41.2. The zero-order valence-corrected chi connectivity index (χ0v) is 18.9. The fraction of sp³-hybridized carbons (Fsp3) is 0.182. The summed E-state index contributed by atoms with van der Waals surface area (Å²) in [6, 6.07) is 12.1. The second kappa shape index (κ2) is 8.60. The van der Waals surface area contributed by atoms with Crippen LogP contribution in [-0.4, -0.2) is 22.8 Å². The van der Waals surface area contributed by atoms with E-state index in [1.807, 2.05) is 0 Å². The van der Waals surface area contributed by atoms with E-state index in [4.69, 9.17) is 10.5 Å². The Morgan fingerprint density at radius 1 is 1.19 bits per heavy atom. The Morgan fingerprint density at radius 2 is 1.94 bits per heavy atom. The van der Waals surface area contributed by atoms with Crippen LogP contribution in [0.2, 0.25) is 0 Å². The molecule has 4 rings (SSSR count). The number of carbonyl (C=O) groups is 3. The highest BCUT2D eigenvalue weighted by Crippen LogP contribution is 2.35. The summed E-state index contributed by atoms with van der Waals surface area (Å²) in [7, 11) is 0. The summed E-state index contributed by atoms with van der Waals surface area (Å²) in [6.07, 6.45) is 1.37. The van der Waals surface area contributed by atoms with Gasteiger partial charge >= 0.3 is 5.97 Å². The highest BCUT2D eigenvalue weighted by molar-refractivity contribution is 9.10. The van der Waals surface area contributed by atoms with Gasteiger partial charge in [0.2, 0.25) is 5.91 Å². The standard InChI is InChI=1S/C22H18BrN3O4S/c1-11-18(31-22(25-11)26-20(28)12-2-5-14(23)6-3-12)21(29)30-15-7-9-16-13(10-15)4-8-17(16)19(24)27/h2-3,5-7,9-10,17H,4,8H2,1H3,(H2,24,27)(H,25,26,28). The number of primary amides is 1. The van der Waals surface area contributed by atoms with Crippen molar-refractivity contribution in [3.63, 3.8) is 0 Å². The van der Waals surface area contributed by atoms with E-state index in [9.17, 15) is 14.4 Å². The molecule has 158 valence electrons. The van der Waals surface area contributed by atoms with E-state index in [0.717, 1.165) is 26.9 Å². The minimum absolute atomic E-state index is 0.291. The van der Waals surface area contributed by atoms with Crippen molar-refractivity contribution in [1.29, 1.82) is 0 Å². The maximum Gasteiger partial charge on any atom is 0.355 e. The smallest absolute Gasteiger partial charge is 0.355 e. The molecule has 3 N–H and O–H groups in total. The van der Waals surface area contributed by atoms with Crippen LogP contribution in [0.1, 0.15) is 49.2 Å². The van der Waals surface area contributed by atoms with Crippen molar-refractivity contribution >= 4 is 50.2 Å². The van der Waals surface area contributed by atoms with Gasteiger partial charge in [0, 0.05) is 10.0 Å². The molecule has 2 aromatic carbocycles. The molecule has 0 saturated carbocycles. The average Bonchev–Trinajstić information content (AvgIpc) is 3.31.